The predicted molar refractivity (Wildman–Crippen MR) is 75.3 cm³/mol. The largest absolute Gasteiger partial charge is 0.362 e. The van der Waals surface area contributed by atoms with Crippen LogP contribution in [0.1, 0.15) is 24.8 Å². The Morgan fingerprint density at radius 1 is 1.15 bits per heavy atom. The third-order valence-corrected chi connectivity index (χ3v) is 3.78. The number of nitrogens with zero attached hydrogens (tertiary/aromatic N) is 4. The Labute approximate surface area is 118 Å². The summed E-state index contributed by atoms with van der Waals surface area (Å²) in [6.07, 6.45) is 7.24. The summed E-state index contributed by atoms with van der Waals surface area (Å²) < 4.78 is 0. The minimum absolute atomic E-state index is 0.115. The molecule has 2 heterocycles. The van der Waals surface area contributed by atoms with Crippen molar-refractivity contribution in [3.05, 3.63) is 48.3 Å². The molecular weight excluding hydrogens is 252 g/mol. The number of rotatable bonds is 2. The minimum Gasteiger partial charge on any atom is -0.318 e. The van der Waals surface area contributed by atoms with Crippen molar-refractivity contribution in [2.24, 2.45) is 0 Å². The van der Waals surface area contributed by atoms with Gasteiger partial charge in [0.25, 0.3) is 0 Å². The van der Waals surface area contributed by atoms with Gasteiger partial charge in [0, 0.05) is 12.6 Å². The molecule has 1 aromatic heterocycles. The predicted octanol–water partition coefficient (Wildman–Crippen LogP) is 2.34. The molecule has 0 spiro atoms. The van der Waals surface area contributed by atoms with Crippen LogP contribution in [0.25, 0.3) is 0 Å². The number of likely N-dealkylation sites (tertiary alicyclic amines) is 1. The lowest BCUT2D eigenvalue weighted by Crippen LogP contribution is -2.47. The molecule has 0 aliphatic carbocycles. The van der Waals surface area contributed by atoms with E-state index in [0.29, 0.717) is 0 Å². The van der Waals surface area contributed by atoms with E-state index < -0.39 is 0 Å². The molecule has 1 aliphatic heterocycles. The van der Waals surface area contributed by atoms with E-state index in [1.807, 2.05) is 23.1 Å². The summed E-state index contributed by atoms with van der Waals surface area (Å²) >= 11 is 0. The number of carbonyl (C=O) groups is 1. The van der Waals surface area contributed by atoms with E-state index in [4.69, 9.17) is 0 Å². The molecule has 1 atom stereocenters. The number of amides is 1. The topological polar surface area (TPSA) is 51.0 Å². The van der Waals surface area contributed by atoms with E-state index in [9.17, 15) is 4.79 Å². The van der Waals surface area contributed by atoms with Gasteiger partial charge in [-0.3, -0.25) is 0 Å². The van der Waals surface area contributed by atoms with Gasteiger partial charge in [0.15, 0.2) is 0 Å². The fraction of sp³-hybridized carbons (Fsp3) is 0.400. The number of benzene rings is 1. The monoisotopic (exact) mass is 270 g/mol. The summed E-state index contributed by atoms with van der Waals surface area (Å²) in [5, 5.41) is 7.89. The van der Waals surface area contributed by atoms with Gasteiger partial charge in [-0.15, -0.1) is 0 Å². The van der Waals surface area contributed by atoms with Crippen LogP contribution in [-0.4, -0.2) is 38.5 Å². The van der Waals surface area contributed by atoms with Crippen molar-refractivity contribution in [1.82, 2.24) is 19.9 Å². The Hall–Kier alpha value is -2.17. The molecule has 3 rings (SSSR count). The zero-order valence-corrected chi connectivity index (χ0v) is 11.4. The number of piperidine rings is 1. The Morgan fingerprint density at radius 3 is 2.65 bits per heavy atom. The number of carbonyl (C=O) groups excluding carboxylic acids is 1. The fourth-order valence-corrected chi connectivity index (χ4v) is 2.78. The van der Waals surface area contributed by atoms with Crippen LogP contribution in [0.3, 0.4) is 0 Å². The van der Waals surface area contributed by atoms with Crippen molar-refractivity contribution >= 4 is 6.03 Å². The van der Waals surface area contributed by atoms with Gasteiger partial charge in [-0.25, -0.2) is 4.79 Å². The first-order valence-corrected chi connectivity index (χ1v) is 7.06. The lowest BCUT2D eigenvalue weighted by atomic mass is 9.96. The molecule has 20 heavy (non-hydrogen) atoms. The van der Waals surface area contributed by atoms with Gasteiger partial charge in [0.2, 0.25) is 0 Å². The molecule has 0 bridgehead atoms. The Balaban J connectivity index is 1.76. The van der Waals surface area contributed by atoms with Crippen LogP contribution < -0.4 is 0 Å². The third-order valence-electron chi connectivity index (χ3n) is 3.78. The molecule has 5 heteroatoms. The second-order valence-electron chi connectivity index (χ2n) is 5.13. The summed E-state index contributed by atoms with van der Waals surface area (Å²) in [6.45, 7) is 0.790. The fourth-order valence-electron chi connectivity index (χ4n) is 2.78. The van der Waals surface area contributed by atoms with E-state index in [2.05, 4.69) is 22.3 Å². The quantitative estimate of drug-likeness (QED) is 0.841. The molecule has 1 aliphatic rings. The van der Waals surface area contributed by atoms with Crippen LogP contribution in [0.4, 0.5) is 4.79 Å². The smallest absolute Gasteiger partial charge is 0.318 e. The molecule has 5 nitrogen and oxygen atoms in total. The van der Waals surface area contributed by atoms with E-state index >= 15 is 0 Å². The van der Waals surface area contributed by atoms with Crippen LogP contribution in [0.15, 0.2) is 42.7 Å². The van der Waals surface area contributed by atoms with Gasteiger partial charge in [-0.05, 0) is 31.2 Å². The van der Waals surface area contributed by atoms with Gasteiger partial charge < -0.3 is 4.90 Å². The molecule has 104 valence electrons. The molecule has 1 saturated heterocycles. The Morgan fingerprint density at radius 2 is 1.90 bits per heavy atom. The molecule has 1 amide bonds. The Bertz CT molecular complexity index is 553. The van der Waals surface area contributed by atoms with Gasteiger partial charge >= 0.3 is 6.03 Å². The second-order valence-corrected chi connectivity index (χ2v) is 5.13. The normalized spacial score (nSPS) is 19.0. The van der Waals surface area contributed by atoms with Gasteiger partial charge in [-0.2, -0.15) is 10.2 Å². The van der Waals surface area contributed by atoms with E-state index in [1.54, 1.807) is 0 Å². The third kappa shape index (κ3) is 2.71. The lowest BCUT2D eigenvalue weighted by Gasteiger charge is -2.35. The van der Waals surface area contributed by atoms with Crippen LogP contribution >= 0.6 is 0 Å². The first-order valence-electron chi connectivity index (χ1n) is 7.06. The van der Waals surface area contributed by atoms with Gasteiger partial charge in [0.05, 0.1) is 12.4 Å². The average Bonchev–Trinajstić information content (AvgIpc) is 3.02. The highest BCUT2D eigenvalue weighted by atomic mass is 16.2. The average molecular weight is 270 g/mol. The summed E-state index contributed by atoms with van der Waals surface area (Å²) in [7, 11) is 0. The van der Waals surface area contributed by atoms with Crippen LogP contribution in [-0.2, 0) is 6.42 Å². The molecule has 0 saturated carbocycles. The number of hydrogen-bond acceptors (Lipinski definition) is 3. The van der Waals surface area contributed by atoms with E-state index in [1.165, 1.54) is 29.2 Å². The second kappa shape index (κ2) is 5.86. The standard InChI is InChI=1S/C15H18N4O/c20-15(19-16-9-10-17-19)18-11-5-4-8-14(18)12-13-6-2-1-3-7-13/h1-3,6-7,9-10,14H,4-5,8,11-12H2. The SMILES string of the molecule is O=C(N1CCCCC1Cc1ccccc1)n1nccn1. The summed E-state index contributed by atoms with van der Waals surface area (Å²) in [5.41, 5.74) is 1.27. The van der Waals surface area contributed by atoms with Crippen molar-refractivity contribution in [2.75, 3.05) is 6.54 Å². The van der Waals surface area contributed by atoms with Crippen LogP contribution in [0, 0.1) is 0 Å². The minimum atomic E-state index is -0.115. The van der Waals surface area contributed by atoms with Crippen molar-refractivity contribution in [2.45, 2.75) is 31.7 Å². The highest BCUT2D eigenvalue weighted by molar-refractivity contribution is 5.75. The lowest BCUT2D eigenvalue weighted by molar-refractivity contribution is 0.146. The molecule has 2 aromatic rings. The molecule has 0 radical (unpaired) electrons. The highest BCUT2D eigenvalue weighted by Gasteiger charge is 2.28. The highest BCUT2D eigenvalue weighted by Crippen LogP contribution is 2.21. The van der Waals surface area contributed by atoms with E-state index in [-0.39, 0.29) is 12.1 Å². The summed E-state index contributed by atoms with van der Waals surface area (Å²) in [6, 6.07) is 10.5. The Kier molecular flexibility index (Phi) is 3.76. The van der Waals surface area contributed by atoms with Gasteiger partial charge in [-0.1, -0.05) is 35.1 Å². The van der Waals surface area contributed by atoms with Crippen molar-refractivity contribution in [1.29, 1.82) is 0 Å². The molecule has 1 unspecified atom stereocenters. The maximum absolute atomic E-state index is 12.4. The van der Waals surface area contributed by atoms with Crippen molar-refractivity contribution in [3.63, 3.8) is 0 Å². The molecule has 1 aromatic carbocycles. The van der Waals surface area contributed by atoms with Crippen molar-refractivity contribution < 1.29 is 4.79 Å². The maximum atomic E-state index is 12.4. The molecule has 1 fully saturated rings. The maximum Gasteiger partial charge on any atom is 0.362 e. The van der Waals surface area contributed by atoms with E-state index in [0.717, 1.165) is 25.8 Å². The number of aromatic nitrogens is 3. The molecule has 0 N–H and O–H groups in total. The first kappa shape index (κ1) is 12.8. The number of hydrogen-bond donors (Lipinski definition) is 0. The van der Waals surface area contributed by atoms with Crippen LogP contribution in [0.5, 0.6) is 0 Å². The summed E-state index contributed by atoms with van der Waals surface area (Å²) in [4.78, 5) is 15.5. The van der Waals surface area contributed by atoms with Crippen LogP contribution in [0.2, 0.25) is 0 Å². The van der Waals surface area contributed by atoms with Gasteiger partial charge in [0.1, 0.15) is 0 Å². The zero-order chi connectivity index (χ0) is 13.8. The summed E-state index contributed by atoms with van der Waals surface area (Å²) in [5.74, 6) is 0. The zero-order valence-electron chi connectivity index (χ0n) is 11.4. The van der Waals surface area contributed by atoms with Crippen molar-refractivity contribution in [3.8, 4) is 0 Å². The molecular formula is C15H18N4O. The first-order chi connectivity index (χ1) is 9.84.